The van der Waals surface area contributed by atoms with E-state index >= 15 is 0 Å². The largest absolute Gasteiger partial charge is 0.466 e. The Morgan fingerprint density at radius 2 is 2.03 bits per heavy atom. The van der Waals surface area contributed by atoms with Crippen molar-refractivity contribution >= 4 is 17.4 Å². The van der Waals surface area contributed by atoms with E-state index in [2.05, 4.69) is 20.2 Å². The normalized spacial score (nSPS) is 19.3. The van der Waals surface area contributed by atoms with Gasteiger partial charge >= 0.3 is 5.97 Å². The zero-order valence-corrected chi connectivity index (χ0v) is 16.8. The van der Waals surface area contributed by atoms with Gasteiger partial charge in [-0.1, -0.05) is 26.0 Å². The number of anilines is 1. The number of halogens is 1. The van der Waals surface area contributed by atoms with Gasteiger partial charge in [0.1, 0.15) is 11.6 Å². The number of fused-ring (bicyclic) bond motifs is 1. The minimum Gasteiger partial charge on any atom is -0.466 e. The maximum atomic E-state index is 14.3. The minimum atomic E-state index is -0.561. The minimum absolute atomic E-state index is 0.138. The van der Waals surface area contributed by atoms with Gasteiger partial charge in [0.15, 0.2) is 11.5 Å². The van der Waals surface area contributed by atoms with Crippen LogP contribution in [0.25, 0.3) is 17.0 Å². The Bertz CT molecular complexity index is 1050. The van der Waals surface area contributed by atoms with Crippen molar-refractivity contribution in [2.24, 2.45) is 11.3 Å². The number of benzene rings is 1. The number of ether oxygens (including phenoxy) is 1. The van der Waals surface area contributed by atoms with Gasteiger partial charge < -0.3 is 9.64 Å². The smallest absolute Gasteiger partial charge is 0.314 e. The summed E-state index contributed by atoms with van der Waals surface area (Å²) in [6.07, 6.45) is 0.700. The van der Waals surface area contributed by atoms with Crippen molar-refractivity contribution in [3.05, 3.63) is 42.2 Å². The average molecular weight is 397 g/mol. The molecule has 0 aliphatic carbocycles. The second kappa shape index (κ2) is 7.42. The van der Waals surface area contributed by atoms with E-state index in [0.29, 0.717) is 49.0 Å². The van der Waals surface area contributed by atoms with Crippen molar-refractivity contribution in [2.75, 3.05) is 24.6 Å². The summed E-state index contributed by atoms with van der Waals surface area (Å²) in [7, 11) is 0. The fourth-order valence-corrected chi connectivity index (χ4v) is 3.94. The first-order valence-electron chi connectivity index (χ1n) is 9.86. The molecule has 1 aliphatic rings. The lowest BCUT2D eigenvalue weighted by Gasteiger charge is -2.31. The number of hydrogen-bond donors (Lipinski definition) is 0. The van der Waals surface area contributed by atoms with Gasteiger partial charge in [0.2, 0.25) is 0 Å². The molecule has 7 nitrogen and oxygen atoms in total. The predicted molar refractivity (Wildman–Crippen MR) is 107 cm³/mol. The number of hydrogen-bond acceptors (Lipinski definition) is 6. The Morgan fingerprint density at radius 3 is 2.76 bits per heavy atom. The molecule has 3 heterocycles. The second-order valence-corrected chi connectivity index (χ2v) is 7.67. The van der Waals surface area contributed by atoms with Crippen molar-refractivity contribution < 1.29 is 13.9 Å². The Labute approximate surface area is 168 Å². The van der Waals surface area contributed by atoms with Gasteiger partial charge in [0.25, 0.3) is 0 Å². The topological polar surface area (TPSA) is 72.6 Å². The summed E-state index contributed by atoms with van der Waals surface area (Å²) in [4.78, 5) is 14.8. The molecular weight excluding hydrogens is 373 g/mol. The lowest BCUT2D eigenvalue weighted by Crippen LogP contribution is -2.40. The van der Waals surface area contributed by atoms with Gasteiger partial charge in [0.05, 0.1) is 17.6 Å². The van der Waals surface area contributed by atoms with Crippen molar-refractivity contribution in [3.8, 4) is 11.4 Å². The van der Waals surface area contributed by atoms with Crippen LogP contribution in [0.2, 0.25) is 0 Å². The third-order valence-corrected chi connectivity index (χ3v) is 5.78. The first-order chi connectivity index (χ1) is 14.0. The van der Waals surface area contributed by atoms with Crippen LogP contribution in [0.15, 0.2) is 36.4 Å². The molecule has 0 N–H and O–H groups in total. The van der Waals surface area contributed by atoms with Crippen LogP contribution >= 0.6 is 0 Å². The van der Waals surface area contributed by atoms with Crippen LogP contribution in [0.3, 0.4) is 0 Å². The Morgan fingerprint density at radius 1 is 1.24 bits per heavy atom. The second-order valence-electron chi connectivity index (χ2n) is 7.67. The Balaban J connectivity index is 1.70. The van der Waals surface area contributed by atoms with Gasteiger partial charge in [-0.15, -0.1) is 15.3 Å². The third kappa shape index (κ3) is 3.22. The molecule has 0 spiro atoms. The predicted octanol–water partition coefficient (Wildman–Crippen LogP) is 3.35. The van der Waals surface area contributed by atoms with E-state index in [1.807, 2.05) is 26.8 Å². The highest BCUT2D eigenvalue weighted by Gasteiger charge is 2.48. The number of nitrogens with zero attached hydrogens (tertiary/aromatic N) is 5. The van der Waals surface area contributed by atoms with Crippen molar-refractivity contribution in [2.45, 2.75) is 27.2 Å². The zero-order chi connectivity index (χ0) is 20.6. The number of carbonyl (C=O) groups is 1. The SMILES string of the molecule is CCOC(=O)C1(C(C)C)CCN(c2ccc3nnc(-c4ccccc4F)n3n2)C1. The highest BCUT2D eigenvalue weighted by molar-refractivity contribution is 5.79. The third-order valence-electron chi connectivity index (χ3n) is 5.78. The molecule has 1 fully saturated rings. The summed E-state index contributed by atoms with van der Waals surface area (Å²) in [6, 6.07) is 10.1. The summed E-state index contributed by atoms with van der Waals surface area (Å²) in [6.45, 7) is 7.50. The zero-order valence-electron chi connectivity index (χ0n) is 16.8. The summed E-state index contributed by atoms with van der Waals surface area (Å²) in [5, 5.41) is 12.9. The Kier molecular flexibility index (Phi) is 4.94. The van der Waals surface area contributed by atoms with Gasteiger partial charge in [-0.3, -0.25) is 4.79 Å². The molecule has 1 aliphatic heterocycles. The fraction of sp³-hybridized carbons (Fsp3) is 0.429. The van der Waals surface area contributed by atoms with Gasteiger partial charge in [-0.25, -0.2) is 4.39 Å². The molecule has 1 unspecified atom stereocenters. The summed E-state index contributed by atoms with van der Waals surface area (Å²) < 4.78 is 21.2. The molecule has 0 bridgehead atoms. The molecular formula is C21H24FN5O2. The molecule has 2 aromatic heterocycles. The molecule has 4 rings (SSSR count). The van der Waals surface area contributed by atoms with Crippen LogP contribution in [-0.4, -0.2) is 45.5 Å². The van der Waals surface area contributed by atoms with Crippen molar-refractivity contribution in [1.29, 1.82) is 0 Å². The molecule has 152 valence electrons. The average Bonchev–Trinajstić information content (AvgIpc) is 3.34. The van der Waals surface area contributed by atoms with Crippen LogP contribution in [0.1, 0.15) is 27.2 Å². The molecule has 1 atom stereocenters. The van der Waals surface area contributed by atoms with E-state index in [4.69, 9.17) is 4.74 Å². The highest BCUT2D eigenvalue weighted by Crippen LogP contribution is 2.40. The van der Waals surface area contributed by atoms with Crippen LogP contribution in [0, 0.1) is 17.2 Å². The van der Waals surface area contributed by atoms with Gasteiger partial charge in [0, 0.05) is 13.1 Å². The van der Waals surface area contributed by atoms with E-state index in [9.17, 15) is 9.18 Å². The number of esters is 1. The summed E-state index contributed by atoms with van der Waals surface area (Å²) in [5.41, 5.74) is 0.314. The molecule has 29 heavy (non-hydrogen) atoms. The van der Waals surface area contributed by atoms with E-state index < -0.39 is 5.41 Å². The van der Waals surface area contributed by atoms with Crippen molar-refractivity contribution in [1.82, 2.24) is 19.8 Å². The molecule has 0 saturated carbocycles. The molecule has 0 amide bonds. The molecule has 0 radical (unpaired) electrons. The van der Waals surface area contributed by atoms with Crippen LogP contribution in [0.5, 0.6) is 0 Å². The number of aromatic nitrogens is 4. The number of carbonyl (C=O) groups excluding carboxylic acids is 1. The fourth-order valence-electron chi connectivity index (χ4n) is 3.94. The van der Waals surface area contributed by atoms with Crippen LogP contribution in [0.4, 0.5) is 10.2 Å². The lowest BCUT2D eigenvalue weighted by atomic mass is 9.76. The maximum absolute atomic E-state index is 14.3. The number of rotatable bonds is 5. The van der Waals surface area contributed by atoms with E-state index in [1.165, 1.54) is 6.07 Å². The molecule has 1 saturated heterocycles. The molecule has 1 aromatic carbocycles. The van der Waals surface area contributed by atoms with Crippen LogP contribution in [-0.2, 0) is 9.53 Å². The molecule has 3 aromatic rings. The van der Waals surface area contributed by atoms with Crippen LogP contribution < -0.4 is 4.90 Å². The van der Waals surface area contributed by atoms with E-state index in [0.717, 1.165) is 0 Å². The van der Waals surface area contributed by atoms with E-state index in [1.54, 1.807) is 28.8 Å². The maximum Gasteiger partial charge on any atom is 0.314 e. The summed E-state index contributed by atoms with van der Waals surface area (Å²) in [5.74, 6) is 0.645. The van der Waals surface area contributed by atoms with Crippen molar-refractivity contribution in [3.63, 3.8) is 0 Å². The first kappa shape index (κ1) is 19.3. The monoisotopic (exact) mass is 397 g/mol. The first-order valence-corrected chi connectivity index (χ1v) is 9.86. The summed E-state index contributed by atoms with van der Waals surface area (Å²) >= 11 is 0. The standard InChI is InChI=1S/C21H24FN5O2/c1-4-29-20(28)21(14(2)3)11-12-26(13-21)18-10-9-17-23-24-19(27(17)25-18)15-7-5-6-8-16(15)22/h5-10,14H,4,11-13H2,1-3H3. The highest BCUT2D eigenvalue weighted by atomic mass is 19.1. The van der Waals surface area contributed by atoms with Gasteiger partial charge in [-0.05, 0) is 43.5 Å². The lowest BCUT2D eigenvalue weighted by molar-refractivity contribution is -0.156. The quantitative estimate of drug-likeness (QED) is 0.615. The molecule has 8 heteroatoms. The van der Waals surface area contributed by atoms with E-state index in [-0.39, 0.29) is 17.7 Å². The van der Waals surface area contributed by atoms with Gasteiger partial charge in [-0.2, -0.15) is 4.52 Å². The Hall–Kier alpha value is -3.03.